The van der Waals surface area contributed by atoms with Crippen LogP contribution in [0.5, 0.6) is 0 Å². The summed E-state index contributed by atoms with van der Waals surface area (Å²) in [6.07, 6.45) is 0.972. The van der Waals surface area contributed by atoms with Crippen LogP contribution in [0.4, 0.5) is 5.82 Å². The van der Waals surface area contributed by atoms with E-state index in [0.717, 1.165) is 6.29 Å². The van der Waals surface area contributed by atoms with Crippen LogP contribution in [0.1, 0.15) is 37.4 Å². The Morgan fingerprint density at radius 2 is 1.86 bits per heavy atom. The third-order valence-electron chi connectivity index (χ3n) is 6.77. The number of ether oxygens (including phenoxy) is 2. The van der Waals surface area contributed by atoms with Crippen LogP contribution in [0.3, 0.4) is 0 Å². The summed E-state index contributed by atoms with van der Waals surface area (Å²) in [5.41, 5.74) is 1.33. The highest BCUT2D eigenvalue weighted by molar-refractivity contribution is 6.74. The number of hydrogen-bond acceptors (Lipinski definition) is 8. The quantitative estimate of drug-likeness (QED) is 0.389. The van der Waals surface area contributed by atoms with Crippen molar-refractivity contribution in [3.63, 3.8) is 0 Å². The number of methoxy groups -OCH3 is 1. The van der Waals surface area contributed by atoms with Crippen molar-refractivity contribution in [1.82, 2.24) is 19.5 Å². The normalized spacial score (nSPS) is 22.9. The SMILES string of the molecule is COC1C(O[Si](C)(C)C(C)(C)C)[C@@H](C=O)O[C@H]1n1cnc2c(NC(=O)c3ccccc3)ncnc21. The molecule has 1 N–H and O–H groups in total. The van der Waals surface area contributed by atoms with E-state index in [-0.39, 0.29) is 16.8 Å². The highest BCUT2D eigenvalue weighted by Gasteiger charge is 2.51. The summed E-state index contributed by atoms with van der Waals surface area (Å²) in [4.78, 5) is 37.6. The number of carbonyl (C=O) groups is 2. The van der Waals surface area contributed by atoms with Crippen LogP contribution in [0, 0.1) is 0 Å². The minimum Gasteiger partial charge on any atom is -0.408 e. The second-order valence-corrected chi connectivity index (χ2v) is 14.8. The van der Waals surface area contributed by atoms with E-state index in [1.807, 2.05) is 6.07 Å². The van der Waals surface area contributed by atoms with Crippen molar-refractivity contribution in [2.24, 2.45) is 0 Å². The van der Waals surface area contributed by atoms with E-state index < -0.39 is 32.9 Å². The molecule has 0 bridgehead atoms. The van der Waals surface area contributed by atoms with Crippen molar-refractivity contribution >= 4 is 37.5 Å². The first-order valence-electron chi connectivity index (χ1n) is 11.4. The van der Waals surface area contributed by atoms with Gasteiger partial charge in [0.05, 0.1) is 6.33 Å². The smallest absolute Gasteiger partial charge is 0.256 e. The number of benzene rings is 1. The minimum atomic E-state index is -2.23. The lowest BCUT2D eigenvalue weighted by Gasteiger charge is -2.39. The van der Waals surface area contributed by atoms with Gasteiger partial charge >= 0.3 is 0 Å². The van der Waals surface area contributed by atoms with Crippen molar-refractivity contribution in [2.75, 3.05) is 12.4 Å². The number of nitrogens with zero attached hydrogens (tertiary/aromatic N) is 4. The molecular formula is C24H31N5O5Si. The van der Waals surface area contributed by atoms with Crippen molar-refractivity contribution in [3.8, 4) is 0 Å². The van der Waals surface area contributed by atoms with E-state index in [9.17, 15) is 9.59 Å². The zero-order valence-corrected chi connectivity index (χ0v) is 21.8. The molecule has 1 aliphatic rings. The molecule has 10 nitrogen and oxygen atoms in total. The largest absolute Gasteiger partial charge is 0.408 e. The van der Waals surface area contributed by atoms with E-state index in [2.05, 4.69) is 54.1 Å². The summed E-state index contributed by atoms with van der Waals surface area (Å²) >= 11 is 0. The number of nitrogens with one attached hydrogen (secondary N) is 1. The van der Waals surface area contributed by atoms with Crippen LogP contribution in [-0.2, 0) is 18.7 Å². The topological polar surface area (TPSA) is 117 Å². The van der Waals surface area contributed by atoms with Crippen LogP contribution in [0.25, 0.3) is 11.2 Å². The summed E-state index contributed by atoms with van der Waals surface area (Å²) in [6, 6.07) is 8.83. The number of aromatic nitrogens is 4. The zero-order valence-electron chi connectivity index (χ0n) is 20.8. The maximum Gasteiger partial charge on any atom is 0.256 e. The number of rotatable bonds is 7. The average molecular weight is 498 g/mol. The average Bonchev–Trinajstić information content (AvgIpc) is 3.40. The minimum absolute atomic E-state index is 0.0579. The molecule has 4 atom stereocenters. The first-order chi connectivity index (χ1) is 16.6. The van der Waals surface area contributed by atoms with E-state index in [1.54, 1.807) is 42.3 Å². The summed E-state index contributed by atoms with van der Waals surface area (Å²) in [6.45, 7) is 10.6. The Morgan fingerprint density at radius 1 is 1.14 bits per heavy atom. The predicted octanol–water partition coefficient (Wildman–Crippen LogP) is 3.58. The maximum atomic E-state index is 12.7. The van der Waals surface area contributed by atoms with Crippen LogP contribution in [0.15, 0.2) is 43.0 Å². The fourth-order valence-corrected chi connectivity index (χ4v) is 5.10. The first-order valence-corrected chi connectivity index (χ1v) is 14.3. The first kappa shape index (κ1) is 25.1. The lowest BCUT2D eigenvalue weighted by molar-refractivity contribution is -0.122. The highest BCUT2D eigenvalue weighted by Crippen LogP contribution is 2.42. The van der Waals surface area contributed by atoms with E-state index >= 15 is 0 Å². The lowest BCUT2D eigenvalue weighted by Crippen LogP contribution is -2.49. The van der Waals surface area contributed by atoms with Gasteiger partial charge in [-0.25, -0.2) is 15.0 Å². The molecule has 0 aliphatic carbocycles. The molecule has 3 aromatic rings. The molecule has 3 heterocycles. The molecular weight excluding hydrogens is 466 g/mol. The fourth-order valence-electron chi connectivity index (χ4n) is 3.80. The summed E-state index contributed by atoms with van der Waals surface area (Å²) in [5.74, 6) is -0.0357. The standard InChI is InChI=1S/C24H31N5O5Si/c1-24(2,3)35(5,6)34-18-16(12-30)33-23(19(18)32-4)29-14-27-17-20(25-13-26-21(17)29)28-22(31)15-10-8-7-9-11-15/h7-14,16,18-19,23H,1-6H3,(H,25,26,28,31)/t16-,18?,19?,23-/m1/s1. The monoisotopic (exact) mass is 497 g/mol. The Bertz CT molecular complexity index is 1210. The van der Waals surface area contributed by atoms with Gasteiger partial charge in [0, 0.05) is 12.7 Å². The summed E-state index contributed by atoms with van der Waals surface area (Å²) < 4.78 is 20.2. The molecule has 1 saturated heterocycles. The van der Waals surface area contributed by atoms with Crippen molar-refractivity contribution < 1.29 is 23.5 Å². The van der Waals surface area contributed by atoms with E-state index in [4.69, 9.17) is 13.9 Å². The van der Waals surface area contributed by atoms with Gasteiger partial charge in [-0.05, 0) is 30.3 Å². The zero-order chi connectivity index (χ0) is 25.4. The van der Waals surface area contributed by atoms with Gasteiger partial charge < -0.3 is 24.0 Å². The Morgan fingerprint density at radius 3 is 2.49 bits per heavy atom. The Balaban J connectivity index is 1.65. The van der Waals surface area contributed by atoms with Gasteiger partial charge in [-0.1, -0.05) is 39.0 Å². The number of carbonyl (C=O) groups excluding carboxylic acids is 2. The second-order valence-electron chi connectivity index (χ2n) is 10.0. The number of fused-ring (bicyclic) bond motifs is 1. The van der Waals surface area contributed by atoms with Crippen molar-refractivity contribution in [3.05, 3.63) is 48.5 Å². The lowest BCUT2D eigenvalue weighted by atomic mass is 10.1. The highest BCUT2D eigenvalue weighted by atomic mass is 28.4. The Labute approximate surface area is 205 Å². The maximum absolute atomic E-state index is 12.7. The second kappa shape index (κ2) is 9.57. The molecule has 1 amide bonds. The molecule has 35 heavy (non-hydrogen) atoms. The van der Waals surface area contributed by atoms with Crippen LogP contribution in [-0.4, -0.2) is 65.5 Å². The third-order valence-corrected chi connectivity index (χ3v) is 11.2. The van der Waals surface area contributed by atoms with Gasteiger partial charge in [0.25, 0.3) is 5.91 Å². The molecule has 0 radical (unpaired) electrons. The van der Waals surface area contributed by atoms with Crippen molar-refractivity contribution in [2.45, 2.75) is 63.4 Å². The number of amides is 1. The molecule has 2 aromatic heterocycles. The molecule has 1 aromatic carbocycles. The van der Waals surface area contributed by atoms with Gasteiger partial charge in [0.1, 0.15) is 24.6 Å². The molecule has 1 aliphatic heterocycles. The molecule has 4 rings (SSSR count). The van der Waals surface area contributed by atoms with Gasteiger partial charge in [-0.3, -0.25) is 9.36 Å². The molecule has 1 fully saturated rings. The van der Waals surface area contributed by atoms with Crippen LogP contribution >= 0.6 is 0 Å². The number of imidazole rings is 1. The molecule has 2 unspecified atom stereocenters. The summed E-state index contributed by atoms with van der Waals surface area (Å²) in [7, 11) is -0.665. The third kappa shape index (κ3) is 4.76. The molecule has 0 saturated carbocycles. The van der Waals surface area contributed by atoms with Gasteiger partial charge in [-0.15, -0.1) is 0 Å². The van der Waals surface area contributed by atoms with Crippen LogP contribution in [0.2, 0.25) is 18.1 Å². The van der Waals surface area contributed by atoms with E-state index in [1.165, 1.54) is 6.33 Å². The van der Waals surface area contributed by atoms with Gasteiger partial charge in [0.15, 0.2) is 37.8 Å². The number of anilines is 1. The fraction of sp³-hybridized carbons (Fsp3) is 0.458. The van der Waals surface area contributed by atoms with Crippen molar-refractivity contribution in [1.29, 1.82) is 0 Å². The number of hydrogen-bond donors (Lipinski definition) is 1. The Hall–Kier alpha value is -2.99. The predicted molar refractivity (Wildman–Crippen MR) is 133 cm³/mol. The summed E-state index contributed by atoms with van der Waals surface area (Å²) in [5, 5.41) is 2.74. The molecule has 11 heteroatoms. The van der Waals surface area contributed by atoms with E-state index in [0.29, 0.717) is 16.7 Å². The van der Waals surface area contributed by atoms with Gasteiger partial charge in [-0.2, -0.15) is 0 Å². The van der Waals surface area contributed by atoms with Gasteiger partial charge in [0.2, 0.25) is 0 Å². The Kier molecular flexibility index (Phi) is 6.87. The molecule has 0 spiro atoms. The molecule has 186 valence electrons. The number of aldehydes is 1. The van der Waals surface area contributed by atoms with Crippen LogP contribution < -0.4 is 5.32 Å².